The number of nitriles is 1. The van der Waals surface area contributed by atoms with E-state index in [1.807, 2.05) is 6.07 Å². The van der Waals surface area contributed by atoms with E-state index >= 15 is 0 Å². The van der Waals surface area contributed by atoms with Crippen molar-refractivity contribution < 1.29 is 4.79 Å². The highest BCUT2D eigenvalue weighted by atomic mass is 35.5. The number of ketones is 1. The van der Waals surface area contributed by atoms with Gasteiger partial charge in [-0.3, -0.25) is 19.1 Å². The second kappa shape index (κ2) is 8.84. The number of carbonyl (C=O) groups excluding carboxylic acids is 1. The average molecular weight is 458 g/mol. The first-order chi connectivity index (χ1) is 14.6. The second-order valence-corrected chi connectivity index (χ2v) is 7.97. The van der Waals surface area contributed by atoms with Gasteiger partial charge >= 0.3 is 5.69 Å². The molecule has 1 aromatic carbocycles. The van der Waals surface area contributed by atoms with Gasteiger partial charge in [-0.2, -0.15) is 5.26 Å². The number of aromatic nitrogens is 4. The molecule has 0 atom stereocenters. The van der Waals surface area contributed by atoms with Crippen LogP contribution < -0.4 is 11.2 Å². The van der Waals surface area contributed by atoms with Crippen LogP contribution in [0.15, 0.2) is 33.9 Å². The molecule has 3 rings (SSSR count). The monoisotopic (exact) mass is 457 g/mol. The first kappa shape index (κ1) is 22.4. The Balaban J connectivity index is 2.30. The smallest absolute Gasteiger partial charge is 0.287 e. The molecule has 0 aliphatic rings. The van der Waals surface area contributed by atoms with Crippen LogP contribution >= 0.6 is 23.2 Å². The van der Waals surface area contributed by atoms with Crippen LogP contribution in [0.2, 0.25) is 10.4 Å². The Labute approximate surface area is 187 Å². The number of aryl methyl sites for hydroxylation is 1. The van der Waals surface area contributed by atoms with Gasteiger partial charge in [0.05, 0.1) is 23.9 Å². The summed E-state index contributed by atoms with van der Waals surface area (Å²) >= 11 is 11.8. The van der Waals surface area contributed by atoms with Gasteiger partial charge in [0.2, 0.25) is 11.1 Å². The van der Waals surface area contributed by atoms with E-state index in [0.29, 0.717) is 11.1 Å². The highest BCUT2D eigenvalue weighted by molar-refractivity contribution is 6.31. The number of benzene rings is 1. The minimum absolute atomic E-state index is 0.0711. The molecule has 10 heteroatoms. The summed E-state index contributed by atoms with van der Waals surface area (Å²) in [5.41, 5.74) is 0.105. The minimum Gasteiger partial charge on any atom is -0.287 e. The Kier molecular flexibility index (Phi) is 6.39. The van der Waals surface area contributed by atoms with E-state index < -0.39 is 17.0 Å². The van der Waals surface area contributed by atoms with E-state index in [4.69, 9.17) is 23.2 Å². The molecule has 0 saturated carbocycles. The van der Waals surface area contributed by atoms with Gasteiger partial charge in [0, 0.05) is 11.1 Å². The molecular formula is C21H17Cl2N5O3. The normalized spacial score (nSPS) is 10.9. The summed E-state index contributed by atoms with van der Waals surface area (Å²) in [4.78, 5) is 48.9. The van der Waals surface area contributed by atoms with Gasteiger partial charge in [-0.05, 0) is 54.3 Å². The van der Waals surface area contributed by atoms with Gasteiger partial charge in [-0.25, -0.2) is 14.8 Å². The number of rotatable bonds is 5. The predicted octanol–water partition coefficient (Wildman–Crippen LogP) is 3.22. The molecule has 2 aromatic heterocycles. The van der Waals surface area contributed by atoms with Crippen molar-refractivity contribution in [3.8, 4) is 6.07 Å². The molecule has 0 saturated heterocycles. The van der Waals surface area contributed by atoms with E-state index in [1.54, 1.807) is 32.9 Å². The number of H-pyrrole nitrogens is 1. The van der Waals surface area contributed by atoms with Crippen molar-refractivity contribution in [1.29, 1.82) is 5.26 Å². The van der Waals surface area contributed by atoms with Crippen LogP contribution in [0.25, 0.3) is 0 Å². The Morgan fingerprint density at radius 3 is 2.52 bits per heavy atom. The van der Waals surface area contributed by atoms with Gasteiger partial charge in [0.25, 0.3) is 5.56 Å². The Bertz CT molecular complexity index is 1330. The number of nitrogens with one attached hydrogen (secondary N) is 1. The predicted molar refractivity (Wildman–Crippen MR) is 116 cm³/mol. The molecule has 0 spiro atoms. The number of hydrogen-bond donors (Lipinski definition) is 1. The molecule has 2 heterocycles. The highest BCUT2D eigenvalue weighted by Gasteiger charge is 2.25. The first-order valence-corrected chi connectivity index (χ1v) is 9.98. The molecule has 0 bridgehead atoms. The van der Waals surface area contributed by atoms with Crippen LogP contribution in [-0.2, 0) is 6.54 Å². The van der Waals surface area contributed by atoms with E-state index in [0.717, 1.165) is 4.57 Å². The SMILES string of the molecule is Cc1cc(C#N)cc(C(=O)c2c(C(C)C)c(=O)[nH]c(=O)n2Cc2cc(Cl)nc(Cl)n2)c1. The summed E-state index contributed by atoms with van der Waals surface area (Å²) in [5, 5.41) is 9.22. The zero-order valence-corrected chi connectivity index (χ0v) is 18.4. The molecule has 0 aliphatic carbocycles. The van der Waals surface area contributed by atoms with Crippen LogP contribution in [0.4, 0.5) is 0 Å². The Morgan fingerprint density at radius 2 is 1.90 bits per heavy atom. The average Bonchev–Trinajstić information content (AvgIpc) is 2.67. The fraction of sp³-hybridized carbons (Fsp3) is 0.238. The third-order valence-electron chi connectivity index (χ3n) is 4.54. The topological polar surface area (TPSA) is 122 Å². The van der Waals surface area contributed by atoms with Gasteiger partial charge in [0.15, 0.2) is 0 Å². The van der Waals surface area contributed by atoms with Crippen LogP contribution in [-0.4, -0.2) is 25.3 Å². The standard InChI is InChI=1S/C21H17Cl2N5O3/c1-10(2)16-17(18(29)13-5-11(3)4-12(6-13)8-24)28(21(31)27-19(16)30)9-14-7-15(22)26-20(23)25-14/h4-7,10H,9H2,1-3H3,(H,27,30,31). The number of aromatic amines is 1. The number of hydrogen-bond acceptors (Lipinski definition) is 6. The maximum absolute atomic E-state index is 13.5. The maximum atomic E-state index is 13.5. The van der Waals surface area contributed by atoms with E-state index in [9.17, 15) is 19.6 Å². The molecule has 31 heavy (non-hydrogen) atoms. The quantitative estimate of drug-likeness (QED) is 0.356. The maximum Gasteiger partial charge on any atom is 0.329 e. The molecular weight excluding hydrogens is 441 g/mol. The van der Waals surface area contributed by atoms with Gasteiger partial charge in [0.1, 0.15) is 10.8 Å². The molecule has 8 nitrogen and oxygen atoms in total. The van der Waals surface area contributed by atoms with E-state index in [2.05, 4.69) is 15.0 Å². The van der Waals surface area contributed by atoms with Gasteiger partial charge in [-0.1, -0.05) is 25.4 Å². The Hall–Kier alpha value is -3.28. The molecule has 3 aromatic rings. The molecule has 0 aliphatic heterocycles. The van der Waals surface area contributed by atoms with Gasteiger partial charge in [-0.15, -0.1) is 0 Å². The van der Waals surface area contributed by atoms with Crippen molar-refractivity contribution in [2.24, 2.45) is 0 Å². The lowest BCUT2D eigenvalue weighted by atomic mass is 9.95. The van der Waals surface area contributed by atoms with Gasteiger partial charge < -0.3 is 0 Å². The molecule has 158 valence electrons. The van der Waals surface area contributed by atoms with Crippen molar-refractivity contribution in [2.45, 2.75) is 33.2 Å². The van der Waals surface area contributed by atoms with Crippen molar-refractivity contribution in [3.05, 3.63) is 89.2 Å². The van der Waals surface area contributed by atoms with Crippen molar-refractivity contribution in [1.82, 2.24) is 19.5 Å². The number of carbonyl (C=O) groups is 1. The largest absolute Gasteiger partial charge is 0.329 e. The third-order valence-corrected chi connectivity index (χ3v) is 4.90. The van der Waals surface area contributed by atoms with Crippen molar-refractivity contribution >= 4 is 29.0 Å². The highest BCUT2D eigenvalue weighted by Crippen LogP contribution is 2.21. The van der Waals surface area contributed by atoms with E-state index in [1.165, 1.54) is 12.1 Å². The summed E-state index contributed by atoms with van der Waals surface area (Å²) in [6, 6.07) is 8.08. The van der Waals surface area contributed by atoms with Crippen LogP contribution in [0, 0.1) is 18.3 Å². The van der Waals surface area contributed by atoms with Crippen LogP contribution in [0.3, 0.4) is 0 Å². The lowest BCUT2D eigenvalue weighted by Crippen LogP contribution is -2.38. The first-order valence-electron chi connectivity index (χ1n) is 9.23. The van der Waals surface area contributed by atoms with Crippen LogP contribution in [0.1, 0.15) is 58.2 Å². The summed E-state index contributed by atoms with van der Waals surface area (Å²) < 4.78 is 1.13. The summed E-state index contributed by atoms with van der Waals surface area (Å²) in [5.74, 6) is -0.925. The molecule has 0 amide bonds. The zero-order valence-electron chi connectivity index (χ0n) is 16.9. The molecule has 0 fully saturated rings. The fourth-order valence-electron chi connectivity index (χ4n) is 3.31. The number of nitrogens with zero attached hydrogens (tertiary/aromatic N) is 4. The minimum atomic E-state index is -0.781. The summed E-state index contributed by atoms with van der Waals surface area (Å²) in [6.07, 6.45) is 0. The van der Waals surface area contributed by atoms with Crippen molar-refractivity contribution in [3.63, 3.8) is 0 Å². The number of halogens is 2. The lowest BCUT2D eigenvalue weighted by molar-refractivity contribution is 0.102. The Morgan fingerprint density at radius 1 is 1.19 bits per heavy atom. The summed E-state index contributed by atoms with van der Waals surface area (Å²) in [7, 11) is 0. The molecule has 0 radical (unpaired) electrons. The fourth-order valence-corrected chi connectivity index (χ4v) is 3.76. The molecule has 1 N–H and O–H groups in total. The third kappa shape index (κ3) is 4.74. The second-order valence-electron chi connectivity index (χ2n) is 7.24. The lowest BCUT2D eigenvalue weighted by Gasteiger charge is -2.17. The summed E-state index contributed by atoms with van der Waals surface area (Å²) in [6.45, 7) is 5.06. The van der Waals surface area contributed by atoms with E-state index in [-0.39, 0.29) is 45.4 Å². The zero-order chi connectivity index (χ0) is 22.9. The van der Waals surface area contributed by atoms with Crippen molar-refractivity contribution in [2.75, 3.05) is 0 Å². The molecule has 0 unspecified atom stereocenters. The van der Waals surface area contributed by atoms with Crippen LogP contribution in [0.5, 0.6) is 0 Å².